The van der Waals surface area contributed by atoms with Gasteiger partial charge in [-0.3, -0.25) is 4.79 Å². The summed E-state index contributed by atoms with van der Waals surface area (Å²) in [6, 6.07) is 7.38. The van der Waals surface area contributed by atoms with Crippen molar-refractivity contribution in [2.75, 3.05) is 18.2 Å². The molecule has 4 rings (SSSR count). The van der Waals surface area contributed by atoms with Crippen molar-refractivity contribution in [3.8, 4) is 11.1 Å². The average molecular weight is 491 g/mol. The van der Waals surface area contributed by atoms with Gasteiger partial charge in [-0.05, 0) is 44.4 Å². The lowest BCUT2D eigenvalue weighted by atomic mass is 10.0. The first kappa shape index (κ1) is 22.8. The number of hydrogen-bond donors (Lipinski definition) is 1. The number of aromatic nitrogens is 3. The molecule has 1 saturated carbocycles. The van der Waals surface area contributed by atoms with Gasteiger partial charge >= 0.3 is 5.97 Å². The van der Waals surface area contributed by atoms with E-state index in [2.05, 4.69) is 33.9 Å². The molecule has 168 valence electrons. The molecule has 7 nitrogen and oxygen atoms in total. The van der Waals surface area contributed by atoms with Gasteiger partial charge < -0.3 is 14.6 Å². The van der Waals surface area contributed by atoms with Gasteiger partial charge in [-0.1, -0.05) is 35.5 Å². The first-order valence-electron chi connectivity index (χ1n) is 10.2. The smallest absolute Gasteiger partial charge is 0.341 e. The van der Waals surface area contributed by atoms with E-state index in [1.165, 1.54) is 30.2 Å². The molecule has 3 aromatic rings. The van der Waals surface area contributed by atoms with E-state index < -0.39 is 5.97 Å². The Labute approximate surface area is 199 Å². The van der Waals surface area contributed by atoms with Crippen molar-refractivity contribution in [1.82, 2.24) is 14.8 Å². The summed E-state index contributed by atoms with van der Waals surface area (Å²) in [6.45, 7) is 4.18. The number of carbonyl (C=O) groups is 2. The molecular formula is C22H23ClN4O3S2. The molecule has 0 spiro atoms. The number of amides is 1. The van der Waals surface area contributed by atoms with Gasteiger partial charge in [-0.2, -0.15) is 0 Å². The van der Waals surface area contributed by atoms with E-state index in [1.54, 1.807) is 12.1 Å². The summed E-state index contributed by atoms with van der Waals surface area (Å²) in [7, 11) is 1.32. The number of thioether (sulfide) groups is 1. The Bertz CT molecular complexity index is 1140. The van der Waals surface area contributed by atoms with E-state index in [-0.39, 0.29) is 17.7 Å². The number of esters is 1. The molecule has 1 aromatic carbocycles. The number of ether oxygens (including phenoxy) is 1. The van der Waals surface area contributed by atoms with Crippen LogP contribution in [-0.4, -0.2) is 39.5 Å². The van der Waals surface area contributed by atoms with Crippen LogP contribution >= 0.6 is 34.7 Å². The van der Waals surface area contributed by atoms with Crippen LogP contribution in [0.15, 0.2) is 34.8 Å². The number of thiophene rings is 1. The van der Waals surface area contributed by atoms with Crippen LogP contribution < -0.4 is 5.32 Å². The van der Waals surface area contributed by atoms with E-state index >= 15 is 0 Å². The Hall–Kier alpha value is -2.36. The van der Waals surface area contributed by atoms with Crippen molar-refractivity contribution in [1.29, 1.82) is 0 Å². The molecule has 0 atom stereocenters. The van der Waals surface area contributed by atoms with Crippen LogP contribution in [-0.2, 0) is 9.53 Å². The van der Waals surface area contributed by atoms with E-state index in [4.69, 9.17) is 16.3 Å². The topological polar surface area (TPSA) is 86.1 Å². The lowest BCUT2D eigenvalue weighted by Gasteiger charge is -2.13. The monoisotopic (exact) mass is 490 g/mol. The molecular weight excluding hydrogens is 468 g/mol. The maximum atomic E-state index is 12.7. The lowest BCUT2D eigenvalue weighted by molar-refractivity contribution is -0.113. The van der Waals surface area contributed by atoms with Crippen LogP contribution in [0.1, 0.15) is 54.8 Å². The summed E-state index contributed by atoms with van der Waals surface area (Å²) in [4.78, 5) is 25.2. The van der Waals surface area contributed by atoms with Crippen LogP contribution in [0.25, 0.3) is 11.1 Å². The fourth-order valence-corrected chi connectivity index (χ4v) is 5.36. The normalized spacial score (nSPS) is 13.4. The first-order chi connectivity index (χ1) is 15.4. The summed E-state index contributed by atoms with van der Waals surface area (Å²) in [6.07, 6.45) is 2.28. The number of nitrogens with zero attached hydrogens (tertiary/aromatic N) is 3. The molecule has 0 aliphatic heterocycles. The summed E-state index contributed by atoms with van der Waals surface area (Å²) < 4.78 is 7.08. The molecule has 32 heavy (non-hydrogen) atoms. The van der Waals surface area contributed by atoms with Crippen molar-refractivity contribution >= 4 is 51.6 Å². The third kappa shape index (κ3) is 4.84. The van der Waals surface area contributed by atoms with Crippen LogP contribution in [0, 0.1) is 0 Å². The Morgan fingerprint density at radius 1 is 1.28 bits per heavy atom. The zero-order valence-corrected chi connectivity index (χ0v) is 20.3. The molecule has 0 bridgehead atoms. The van der Waals surface area contributed by atoms with Crippen LogP contribution in [0.2, 0.25) is 5.02 Å². The van der Waals surface area contributed by atoms with Gasteiger partial charge in [-0.15, -0.1) is 21.5 Å². The molecule has 1 aliphatic carbocycles. The number of methoxy groups -OCH3 is 1. The van der Waals surface area contributed by atoms with E-state index in [0.29, 0.717) is 27.1 Å². The standard InChI is InChI=1S/C22H23ClN4O3S2/c1-12(2)27-19(14-4-5-14)25-26-22(27)32-11-17(28)24-20-18(21(29)30-3)16(10-31-20)13-6-8-15(23)9-7-13/h6-10,12,14H,4-5,11H2,1-3H3,(H,24,28). The summed E-state index contributed by atoms with van der Waals surface area (Å²) in [5.41, 5.74) is 1.84. The van der Waals surface area contributed by atoms with E-state index in [0.717, 1.165) is 29.4 Å². The third-order valence-electron chi connectivity index (χ3n) is 5.07. The summed E-state index contributed by atoms with van der Waals surface area (Å²) in [5.74, 6) is 0.906. The van der Waals surface area contributed by atoms with Crippen LogP contribution in [0.4, 0.5) is 5.00 Å². The first-order valence-corrected chi connectivity index (χ1v) is 12.5. The van der Waals surface area contributed by atoms with Gasteiger partial charge in [0.2, 0.25) is 5.91 Å². The van der Waals surface area contributed by atoms with E-state index in [9.17, 15) is 9.59 Å². The molecule has 0 unspecified atom stereocenters. The largest absolute Gasteiger partial charge is 0.465 e. The molecule has 1 N–H and O–H groups in total. The SMILES string of the molecule is COC(=O)c1c(-c2ccc(Cl)cc2)csc1NC(=O)CSc1nnc(C2CC2)n1C(C)C. The quantitative estimate of drug-likeness (QED) is 0.325. The molecule has 1 amide bonds. The van der Waals surface area contributed by atoms with Crippen LogP contribution in [0.5, 0.6) is 0 Å². The third-order valence-corrected chi connectivity index (χ3v) is 7.16. The van der Waals surface area contributed by atoms with Gasteiger partial charge in [0, 0.05) is 27.9 Å². The summed E-state index contributed by atoms with van der Waals surface area (Å²) >= 11 is 8.61. The molecule has 1 aliphatic rings. The minimum atomic E-state index is -0.507. The lowest BCUT2D eigenvalue weighted by Crippen LogP contribution is -2.16. The van der Waals surface area contributed by atoms with Crippen LogP contribution in [0.3, 0.4) is 0 Å². The highest BCUT2D eigenvalue weighted by Gasteiger charge is 2.31. The Balaban J connectivity index is 1.50. The number of rotatable bonds is 8. The fraction of sp³-hybridized carbons (Fsp3) is 0.364. The van der Waals surface area contributed by atoms with E-state index in [1.807, 2.05) is 17.5 Å². The maximum Gasteiger partial charge on any atom is 0.341 e. The van der Waals surface area contributed by atoms with Gasteiger partial charge in [-0.25, -0.2) is 4.79 Å². The number of hydrogen-bond acceptors (Lipinski definition) is 7. The summed E-state index contributed by atoms with van der Waals surface area (Å²) in [5, 5.41) is 15.1. The van der Waals surface area contributed by atoms with Gasteiger partial charge in [0.1, 0.15) is 16.4 Å². The number of anilines is 1. The minimum Gasteiger partial charge on any atom is -0.465 e. The van der Waals surface area contributed by atoms with Crippen molar-refractivity contribution in [2.24, 2.45) is 0 Å². The van der Waals surface area contributed by atoms with Crippen molar-refractivity contribution in [3.05, 3.63) is 46.1 Å². The van der Waals surface area contributed by atoms with Gasteiger partial charge in [0.15, 0.2) is 5.16 Å². The number of benzene rings is 1. The molecule has 10 heteroatoms. The van der Waals surface area contributed by atoms with Crippen molar-refractivity contribution in [3.63, 3.8) is 0 Å². The Kier molecular flexibility index (Phi) is 6.88. The predicted molar refractivity (Wildman–Crippen MR) is 128 cm³/mol. The molecule has 0 radical (unpaired) electrons. The molecule has 2 heterocycles. The second kappa shape index (κ2) is 9.64. The maximum absolute atomic E-state index is 12.7. The average Bonchev–Trinajstić information content (AvgIpc) is 3.39. The zero-order valence-electron chi connectivity index (χ0n) is 17.9. The number of halogens is 1. The predicted octanol–water partition coefficient (Wildman–Crippen LogP) is 5.64. The van der Waals surface area contributed by atoms with Gasteiger partial charge in [0.05, 0.1) is 12.9 Å². The highest BCUT2D eigenvalue weighted by molar-refractivity contribution is 7.99. The zero-order chi connectivity index (χ0) is 22.8. The molecule has 0 saturated heterocycles. The Morgan fingerprint density at radius 3 is 2.62 bits per heavy atom. The minimum absolute atomic E-state index is 0.157. The highest BCUT2D eigenvalue weighted by Crippen LogP contribution is 2.41. The van der Waals surface area contributed by atoms with Crippen molar-refractivity contribution < 1.29 is 14.3 Å². The fourth-order valence-electron chi connectivity index (χ4n) is 3.38. The van der Waals surface area contributed by atoms with Crippen molar-refractivity contribution in [2.45, 2.75) is 43.8 Å². The number of carbonyl (C=O) groups excluding carboxylic acids is 2. The molecule has 2 aromatic heterocycles. The highest BCUT2D eigenvalue weighted by atomic mass is 35.5. The second-order valence-corrected chi connectivity index (χ2v) is 10.0. The Morgan fingerprint density at radius 2 is 2.00 bits per heavy atom. The second-order valence-electron chi connectivity index (χ2n) is 7.77. The number of nitrogens with one attached hydrogen (secondary N) is 1. The molecule has 1 fully saturated rings. The van der Waals surface area contributed by atoms with Gasteiger partial charge in [0.25, 0.3) is 0 Å².